The highest BCUT2D eigenvalue weighted by molar-refractivity contribution is 5.91. The summed E-state index contributed by atoms with van der Waals surface area (Å²) in [6.45, 7) is 1.84. The third-order valence-corrected chi connectivity index (χ3v) is 1.26. The van der Waals surface area contributed by atoms with Gasteiger partial charge in [-0.3, -0.25) is 10.2 Å². The predicted octanol–water partition coefficient (Wildman–Crippen LogP) is 0.304. The number of nitrogens with zero attached hydrogens (tertiary/aromatic N) is 1. The third-order valence-electron chi connectivity index (χ3n) is 1.26. The van der Waals surface area contributed by atoms with Crippen LogP contribution in [0.5, 0.6) is 0 Å². The fourth-order valence-electron chi connectivity index (χ4n) is 0.612. The van der Waals surface area contributed by atoms with E-state index >= 15 is 0 Å². The van der Waals surface area contributed by atoms with E-state index in [-0.39, 0.29) is 0 Å². The van der Waals surface area contributed by atoms with Crippen LogP contribution >= 0.6 is 0 Å². The third kappa shape index (κ3) is 3.40. The topological polar surface area (TPSA) is 70.2 Å². The van der Waals surface area contributed by atoms with Crippen LogP contribution in [0.15, 0.2) is 11.8 Å². The van der Waals surface area contributed by atoms with Gasteiger partial charge < -0.3 is 10.6 Å². The Morgan fingerprint density at radius 3 is 2.55 bits per heavy atom. The molecule has 62 valence electrons. The molecule has 0 spiro atoms. The largest absolute Gasteiger partial charge is 0.366 e. The average molecular weight is 155 g/mol. The maximum absolute atomic E-state index is 10.6. The van der Waals surface area contributed by atoms with Crippen LogP contribution in [0.4, 0.5) is 0 Å². The molecule has 0 heterocycles. The first kappa shape index (κ1) is 9.68. The van der Waals surface area contributed by atoms with E-state index in [1.807, 2.05) is 6.92 Å². The fourth-order valence-corrected chi connectivity index (χ4v) is 0.612. The monoisotopic (exact) mass is 155 g/mol. The summed E-state index contributed by atoms with van der Waals surface area (Å²) < 4.78 is 0. The van der Waals surface area contributed by atoms with Crippen molar-refractivity contribution in [3.8, 4) is 0 Å². The second-order valence-electron chi connectivity index (χ2n) is 2.17. The van der Waals surface area contributed by atoms with Crippen LogP contribution in [0, 0.1) is 5.41 Å². The summed E-state index contributed by atoms with van der Waals surface area (Å²) in [7, 11) is 1.67. The van der Waals surface area contributed by atoms with Crippen molar-refractivity contribution in [1.29, 1.82) is 5.41 Å². The van der Waals surface area contributed by atoms with Gasteiger partial charge in [-0.15, -0.1) is 0 Å². The van der Waals surface area contributed by atoms with E-state index in [1.54, 1.807) is 13.2 Å². The van der Waals surface area contributed by atoms with Gasteiger partial charge in [-0.2, -0.15) is 0 Å². The zero-order valence-electron chi connectivity index (χ0n) is 6.79. The van der Waals surface area contributed by atoms with Gasteiger partial charge in [0.1, 0.15) is 0 Å². The first-order valence-electron chi connectivity index (χ1n) is 3.34. The highest BCUT2D eigenvalue weighted by Gasteiger charge is 2.01. The van der Waals surface area contributed by atoms with Gasteiger partial charge in [-0.25, -0.2) is 0 Å². The van der Waals surface area contributed by atoms with E-state index in [4.69, 9.17) is 11.1 Å². The molecule has 0 atom stereocenters. The van der Waals surface area contributed by atoms with Gasteiger partial charge in [0, 0.05) is 18.8 Å². The lowest BCUT2D eigenvalue weighted by Gasteiger charge is -2.06. The molecular weight excluding hydrogens is 142 g/mol. The van der Waals surface area contributed by atoms with Gasteiger partial charge in [0.05, 0.1) is 6.34 Å². The van der Waals surface area contributed by atoms with Crippen LogP contribution in [-0.4, -0.2) is 24.2 Å². The molecule has 0 saturated carbocycles. The fraction of sp³-hybridized carbons (Fsp3) is 0.429. The van der Waals surface area contributed by atoms with E-state index in [0.29, 0.717) is 12.0 Å². The van der Waals surface area contributed by atoms with Crippen molar-refractivity contribution in [2.24, 2.45) is 5.73 Å². The summed E-state index contributed by atoms with van der Waals surface area (Å²) in [6, 6.07) is 0. The lowest BCUT2D eigenvalue weighted by molar-refractivity contribution is -0.114. The molecule has 0 fully saturated rings. The summed E-state index contributed by atoms with van der Waals surface area (Å²) in [5.74, 6) is -0.429. The molecule has 0 aliphatic carbocycles. The number of primary amides is 1. The Labute approximate surface area is 66.2 Å². The van der Waals surface area contributed by atoms with Crippen LogP contribution in [0.1, 0.15) is 13.3 Å². The van der Waals surface area contributed by atoms with Crippen molar-refractivity contribution in [3.63, 3.8) is 0 Å². The van der Waals surface area contributed by atoms with Crippen molar-refractivity contribution in [2.45, 2.75) is 13.3 Å². The molecule has 0 aromatic carbocycles. The van der Waals surface area contributed by atoms with Crippen molar-refractivity contribution in [3.05, 3.63) is 11.8 Å². The Morgan fingerprint density at radius 1 is 1.73 bits per heavy atom. The maximum Gasteiger partial charge on any atom is 0.246 e. The Kier molecular flexibility index (Phi) is 3.95. The molecule has 0 aliphatic heterocycles. The molecule has 0 unspecified atom stereocenters. The number of nitrogens with two attached hydrogens (primary N) is 1. The second kappa shape index (κ2) is 4.49. The minimum absolute atomic E-state index is 0.429. The van der Waals surface area contributed by atoms with Gasteiger partial charge in [0.2, 0.25) is 5.91 Å². The molecule has 0 bridgehead atoms. The predicted molar refractivity (Wildman–Crippen MR) is 44.1 cm³/mol. The van der Waals surface area contributed by atoms with Crippen LogP contribution in [-0.2, 0) is 4.79 Å². The van der Waals surface area contributed by atoms with E-state index in [9.17, 15) is 4.79 Å². The Morgan fingerprint density at radius 2 is 2.27 bits per heavy atom. The van der Waals surface area contributed by atoms with Crippen LogP contribution in [0.2, 0.25) is 0 Å². The summed E-state index contributed by atoms with van der Waals surface area (Å²) in [5.41, 5.74) is 5.57. The molecule has 0 aromatic rings. The summed E-state index contributed by atoms with van der Waals surface area (Å²) >= 11 is 0. The summed E-state index contributed by atoms with van der Waals surface area (Å²) in [4.78, 5) is 12.1. The summed E-state index contributed by atoms with van der Waals surface area (Å²) in [6.07, 6.45) is 3.25. The van der Waals surface area contributed by atoms with E-state index < -0.39 is 5.91 Å². The van der Waals surface area contributed by atoms with Gasteiger partial charge in [-0.1, -0.05) is 6.92 Å². The molecule has 0 saturated heterocycles. The number of nitrogens with one attached hydrogen (secondary N) is 1. The minimum Gasteiger partial charge on any atom is -0.366 e. The van der Waals surface area contributed by atoms with Gasteiger partial charge in [0.25, 0.3) is 0 Å². The van der Waals surface area contributed by atoms with Crippen molar-refractivity contribution < 1.29 is 4.79 Å². The lowest BCUT2D eigenvalue weighted by atomic mass is 10.2. The Balaban J connectivity index is 4.34. The molecule has 0 aliphatic rings. The Bertz CT molecular complexity index is 186. The standard InChI is InChI=1S/C7H13N3O/c1-3-6(7(9)11)4-10(2)5-8/h4-5,8H,3H2,1-2H3,(H2,9,11). The first-order chi connectivity index (χ1) is 5.11. The average Bonchev–Trinajstić information content (AvgIpc) is 1.99. The zero-order valence-corrected chi connectivity index (χ0v) is 6.79. The second-order valence-corrected chi connectivity index (χ2v) is 2.17. The molecule has 11 heavy (non-hydrogen) atoms. The first-order valence-corrected chi connectivity index (χ1v) is 3.34. The zero-order chi connectivity index (χ0) is 8.85. The van der Waals surface area contributed by atoms with Gasteiger partial charge in [-0.05, 0) is 6.42 Å². The van der Waals surface area contributed by atoms with Crippen molar-refractivity contribution in [1.82, 2.24) is 4.90 Å². The molecule has 1 amide bonds. The number of hydrogen-bond acceptors (Lipinski definition) is 2. The molecule has 4 nitrogen and oxygen atoms in total. The molecule has 4 heteroatoms. The number of amides is 1. The van der Waals surface area contributed by atoms with Crippen LogP contribution < -0.4 is 5.73 Å². The van der Waals surface area contributed by atoms with Crippen LogP contribution in [0.25, 0.3) is 0 Å². The number of hydrogen-bond donors (Lipinski definition) is 2. The molecule has 0 aromatic heterocycles. The Hall–Kier alpha value is -1.32. The van der Waals surface area contributed by atoms with Crippen LogP contribution in [0.3, 0.4) is 0 Å². The highest BCUT2D eigenvalue weighted by Crippen LogP contribution is 1.99. The molecular formula is C7H13N3O. The lowest BCUT2D eigenvalue weighted by Crippen LogP contribution is -2.17. The SMILES string of the molecule is CCC(=CN(C)C=N)C(N)=O. The molecule has 3 N–H and O–H groups in total. The maximum atomic E-state index is 10.6. The van der Waals surface area contributed by atoms with E-state index in [0.717, 1.165) is 6.34 Å². The normalized spacial score (nSPS) is 10.9. The number of rotatable bonds is 4. The van der Waals surface area contributed by atoms with Crippen molar-refractivity contribution >= 4 is 12.2 Å². The quantitative estimate of drug-likeness (QED) is 0.348. The van der Waals surface area contributed by atoms with Gasteiger partial charge in [0.15, 0.2) is 0 Å². The van der Waals surface area contributed by atoms with Crippen molar-refractivity contribution in [2.75, 3.05) is 7.05 Å². The molecule has 0 rings (SSSR count). The van der Waals surface area contributed by atoms with Gasteiger partial charge >= 0.3 is 0 Å². The minimum atomic E-state index is -0.429. The smallest absolute Gasteiger partial charge is 0.246 e. The van der Waals surface area contributed by atoms with E-state index in [1.165, 1.54) is 4.90 Å². The number of carbonyl (C=O) groups excluding carboxylic acids is 1. The number of carbonyl (C=O) groups is 1. The summed E-state index contributed by atoms with van der Waals surface area (Å²) in [5, 5.41) is 6.82. The highest BCUT2D eigenvalue weighted by atomic mass is 16.1. The molecule has 0 radical (unpaired) electrons. The van der Waals surface area contributed by atoms with E-state index in [2.05, 4.69) is 0 Å².